The van der Waals surface area contributed by atoms with Gasteiger partial charge in [-0.2, -0.15) is 0 Å². The molecule has 2 atom stereocenters. The van der Waals surface area contributed by atoms with Crippen LogP contribution < -0.4 is 16.4 Å². The van der Waals surface area contributed by atoms with Gasteiger partial charge in [-0.05, 0) is 34.6 Å². The zero-order valence-corrected chi connectivity index (χ0v) is 11.4. The van der Waals surface area contributed by atoms with E-state index < -0.39 is 17.9 Å². The molecule has 0 aromatic rings. The fourth-order valence-electron chi connectivity index (χ4n) is 1.10. The van der Waals surface area contributed by atoms with Crippen LogP contribution in [0.25, 0.3) is 0 Å². The van der Waals surface area contributed by atoms with Gasteiger partial charge in [-0.3, -0.25) is 9.59 Å². The van der Waals surface area contributed by atoms with Crippen LogP contribution in [-0.4, -0.2) is 34.4 Å². The zero-order valence-electron chi connectivity index (χ0n) is 11.4. The van der Waals surface area contributed by atoms with Crippen molar-refractivity contribution in [2.24, 2.45) is 16.8 Å². The summed E-state index contributed by atoms with van der Waals surface area (Å²) in [5, 5.41) is 16.4. The molecule has 0 spiro atoms. The summed E-state index contributed by atoms with van der Waals surface area (Å²) < 4.78 is 0. The minimum atomic E-state index is -0.792. The maximum atomic E-state index is 11.7. The first-order valence-electron chi connectivity index (χ1n) is 5.68. The van der Waals surface area contributed by atoms with E-state index in [0.29, 0.717) is 0 Å². The van der Waals surface area contributed by atoms with Gasteiger partial charge in [0.2, 0.25) is 11.8 Å². The number of nitrogens with two attached hydrogens (primary N) is 1. The van der Waals surface area contributed by atoms with Crippen LogP contribution in [0, 0.1) is 5.92 Å². The van der Waals surface area contributed by atoms with Crippen LogP contribution in [0.4, 0.5) is 0 Å². The minimum absolute atomic E-state index is 0.198. The molecular weight excluding hydrogens is 236 g/mol. The van der Waals surface area contributed by atoms with Crippen molar-refractivity contribution in [3.63, 3.8) is 0 Å². The number of hydrogen-bond acceptors (Lipinski definition) is 4. The van der Waals surface area contributed by atoms with Crippen molar-refractivity contribution in [3.8, 4) is 0 Å². The largest absolute Gasteiger partial charge is 0.409 e. The summed E-state index contributed by atoms with van der Waals surface area (Å²) in [4.78, 5) is 23.4. The summed E-state index contributed by atoms with van der Waals surface area (Å²) in [7, 11) is 0. The molecule has 2 amide bonds. The zero-order chi connectivity index (χ0) is 14.5. The van der Waals surface area contributed by atoms with Gasteiger partial charge in [0.1, 0.15) is 6.04 Å². The highest BCUT2D eigenvalue weighted by molar-refractivity contribution is 6.02. The number of amidine groups is 1. The molecule has 104 valence electrons. The van der Waals surface area contributed by atoms with Gasteiger partial charge in [-0.15, -0.1) is 0 Å². The Balaban J connectivity index is 4.45. The van der Waals surface area contributed by atoms with Crippen molar-refractivity contribution in [3.05, 3.63) is 0 Å². The predicted molar refractivity (Wildman–Crippen MR) is 68.1 cm³/mol. The molecule has 5 N–H and O–H groups in total. The lowest BCUT2D eigenvalue weighted by atomic mass is 10.1. The number of rotatable bonds is 4. The lowest BCUT2D eigenvalue weighted by Crippen LogP contribution is -2.52. The second-order valence-electron chi connectivity index (χ2n) is 5.22. The molecule has 18 heavy (non-hydrogen) atoms. The highest BCUT2D eigenvalue weighted by atomic mass is 16.4. The van der Waals surface area contributed by atoms with Gasteiger partial charge >= 0.3 is 0 Å². The van der Waals surface area contributed by atoms with E-state index in [-0.39, 0.29) is 17.3 Å². The van der Waals surface area contributed by atoms with Gasteiger partial charge in [0.25, 0.3) is 0 Å². The lowest BCUT2D eigenvalue weighted by Gasteiger charge is -2.24. The van der Waals surface area contributed by atoms with E-state index in [1.54, 1.807) is 6.92 Å². The van der Waals surface area contributed by atoms with Crippen LogP contribution >= 0.6 is 0 Å². The number of nitrogens with zero attached hydrogens (tertiary/aromatic N) is 1. The highest BCUT2D eigenvalue weighted by Gasteiger charge is 2.24. The van der Waals surface area contributed by atoms with Crippen LogP contribution in [0.3, 0.4) is 0 Å². The fraction of sp³-hybridized carbons (Fsp3) is 0.727. The number of carbonyl (C=O) groups excluding carboxylic acids is 2. The molecule has 0 bridgehead atoms. The Morgan fingerprint density at radius 2 is 1.72 bits per heavy atom. The number of amides is 2. The molecule has 0 heterocycles. The van der Waals surface area contributed by atoms with E-state index in [0.717, 1.165) is 0 Å². The van der Waals surface area contributed by atoms with Crippen LogP contribution in [0.2, 0.25) is 0 Å². The second kappa shape index (κ2) is 6.23. The summed E-state index contributed by atoms with van der Waals surface area (Å²) >= 11 is 0. The fourth-order valence-corrected chi connectivity index (χ4v) is 1.10. The van der Waals surface area contributed by atoms with E-state index in [1.165, 1.54) is 6.92 Å². The Hall–Kier alpha value is -1.79. The normalized spacial score (nSPS) is 15.7. The van der Waals surface area contributed by atoms with Gasteiger partial charge in [-0.25, -0.2) is 0 Å². The third-order valence-corrected chi connectivity index (χ3v) is 2.20. The minimum Gasteiger partial charge on any atom is -0.409 e. The summed E-state index contributed by atoms with van der Waals surface area (Å²) in [6.45, 7) is 8.59. The summed E-state index contributed by atoms with van der Waals surface area (Å²) in [6.07, 6.45) is 0. The number of carbonyl (C=O) groups is 2. The molecular formula is C11H22N4O3. The van der Waals surface area contributed by atoms with Crippen LogP contribution in [0.5, 0.6) is 0 Å². The van der Waals surface area contributed by atoms with Gasteiger partial charge in [0.05, 0.1) is 5.92 Å². The molecule has 0 aliphatic heterocycles. The molecule has 2 unspecified atom stereocenters. The summed E-state index contributed by atoms with van der Waals surface area (Å²) in [6, 6.07) is -0.689. The maximum absolute atomic E-state index is 11.7. The van der Waals surface area contributed by atoms with Crippen molar-refractivity contribution >= 4 is 17.6 Å². The lowest BCUT2D eigenvalue weighted by molar-refractivity contribution is -0.130. The van der Waals surface area contributed by atoms with Crippen LogP contribution in [0.15, 0.2) is 5.16 Å². The third kappa shape index (κ3) is 5.51. The molecule has 0 saturated heterocycles. The predicted octanol–water partition coefficient (Wildman–Crippen LogP) is -0.212. The standard InChI is InChI=1S/C11H22N4O3/c1-6(8(12)15-18)9(16)13-7(2)10(17)14-11(3,4)5/h6-7,18H,1-5H3,(H2,12,15)(H,13,16)(H,14,17). The van der Waals surface area contributed by atoms with E-state index >= 15 is 0 Å². The first kappa shape index (κ1) is 16.2. The third-order valence-electron chi connectivity index (χ3n) is 2.20. The van der Waals surface area contributed by atoms with E-state index in [4.69, 9.17) is 10.9 Å². The molecule has 0 fully saturated rings. The SMILES string of the molecule is CC(NC(=O)C(C)C(N)=NO)C(=O)NC(C)(C)C. The Morgan fingerprint density at radius 3 is 2.11 bits per heavy atom. The highest BCUT2D eigenvalue weighted by Crippen LogP contribution is 2.01. The number of nitrogens with one attached hydrogen (secondary N) is 2. The molecule has 7 nitrogen and oxygen atoms in total. The second-order valence-corrected chi connectivity index (χ2v) is 5.22. The molecule has 0 rings (SSSR count). The van der Waals surface area contributed by atoms with E-state index in [1.807, 2.05) is 20.8 Å². The average molecular weight is 258 g/mol. The molecule has 0 saturated carbocycles. The van der Waals surface area contributed by atoms with E-state index in [9.17, 15) is 9.59 Å². The van der Waals surface area contributed by atoms with Crippen molar-refractivity contribution in [1.82, 2.24) is 10.6 Å². The first-order valence-corrected chi connectivity index (χ1v) is 5.68. The molecule has 7 heteroatoms. The van der Waals surface area contributed by atoms with E-state index in [2.05, 4.69) is 15.8 Å². The smallest absolute Gasteiger partial charge is 0.242 e. The molecule has 0 aliphatic carbocycles. The quantitative estimate of drug-likeness (QED) is 0.241. The molecule has 0 aromatic heterocycles. The molecule has 0 radical (unpaired) electrons. The average Bonchev–Trinajstić information content (AvgIpc) is 2.24. The maximum Gasteiger partial charge on any atom is 0.242 e. The van der Waals surface area contributed by atoms with Crippen molar-refractivity contribution in [2.75, 3.05) is 0 Å². The summed E-state index contributed by atoms with van der Waals surface area (Å²) in [5.74, 6) is -1.75. The van der Waals surface area contributed by atoms with Gasteiger partial charge < -0.3 is 21.6 Å². The van der Waals surface area contributed by atoms with Gasteiger partial charge in [0.15, 0.2) is 5.84 Å². The number of oxime groups is 1. The monoisotopic (exact) mass is 258 g/mol. The Morgan fingerprint density at radius 1 is 1.22 bits per heavy atom. The van der Waals surface area contributed by atoms with Crippen molar-refractivity contribution in [2.45, 2.75) is 46.2 Å². The molecule has 0 aromatic carbocycles. The summed E-state index contributed by atoms with van der Waals surface area (Å²) in [5.41, 5.74) is 4.94. The van der Waals surface area contributed by atoms with Gasteiger partial charge in [-0.1, -0.05) is 5.16 Å². The van der Waals surface area contributed by atoms with Crippen molar-refractivity contribution < 1.29 is 14.8 Å². The molecule has 0 aliphatic rings. The van der Waals surface area contributed by atoms with Crippen molar-refractivity contribution in [1.29, 1.82) is 0 Å². The first-order chi connectivity index (χ1) is 8.08. The Labute approximate surface area is 107 Å². The topological polar surface area (TPSA) is 117 Å². The Kier molecular flexibility index (Phi) is 5.61. The van der Waals surface area contributed by atoms with Crippen LogP contribution in [0.1, 0.15) is 34.6 Å². The Bertz CT molecular complexity index is 347. The van der Waals surface area contributed by atoms with Crippen LogP contribution in [-0.2, 0) is 9.59 Å². The number of hydrogen-bond donors (Lipinski definition) is 4. The van der Waals surface area contributed by atoms with Gasteiger partial charge in [0, 0.05) is 5.54 Å².